The molecule has 0 amide bonds. The van der Waals surface area contributed by atoms with E-state index in [2.05, 4.69) is 0 Å². The summed E-state index contributed by atoms with van der Waals surface area (Å²) in [5.74, 6) is -0.766. The van der Waals surface area contributed by atoms with Crippen LogP contribution in [0.4, 0.5) is 0 Å². The smallest absolute Gasteiger partial charge is 0.316 e. The lowest BCUT2D eigenvalue weighted by atomic mass is 10.3. The van der Waals surface area contributed by atoms with Crippen molar-refractivity contribution in [1.82, 2.24) is 0 Å². The van der Waals surface area contributed by atoms with Gasteiger partial charge in [0.2, 0.25) is 0 Å². The van der Waals surface area contributed by atoms with Crippen molar-refractivity contribution in [1.29, 1.82) is 0 Å². The molecule has 1 heterocycles. The fraction of sp³-hybridized carbons (Fsp3) is 0.857. The number of ether oxygens (including phenoxy) is 1. The van der Waals surface area contributed by atoms with Gasteiger partial charge in [0.25, 0.3) is 0 Å². The lowest BCUT2D eigenvalue weighted by Crippen LogP contribution is -2.34. The predicted molar refractivity (Wildman–Crippen MR) is 47.3 cm³/mol. The Morgan fingerprint density at radius 1 is 1.75 bits per heavy atom. The summed E-state index contributed by atoms with van der Waals surface area (Å²) < 4.78 is 4.95. The summed E-state index contributed by atoms with van der Waals surface area (Å²) >= 11 is 1.46. The Morgan fingerprint density at radius 3 is 2.75 bits per heavy atom. The van der Waals surface area contributed by atoms with Crippen LogP contribution in [0.1, 0.15) is 6.42 Å². The van der Waals surface area contributed by atoms with Crippen LogP contribution in [0.3, 0.4) is 0 Å². The molecule has 12 heavy (non-hydrogen) atoms. The second-order valence-electron chi connectivity index (χ2n) is 2.70. The Labute approximate surface area is 75.5 Å². The van der Waals surface area contributed by atoms with Crippen LogP contribution in [0, 0.1) is 0 Å². The number of aliphatic carboxylic acids is 1. The number of hydrogen-bond donors (Lipinski definition) is 2. The molecule has 0 saturated carbocycles. The number of thioether (sulfide) groups is 1. The molecule has 5 heteroatoms. The molecule has 1 atom stereocenters. The quantitative estimate of drug-likeness (QED) is 0.636. The van der Waals surface area contributed by atoms with Gasteiger partial charge in [0.05, 0.1) is 18.5 Å². The van der Waals surface area contributed by atoms with Crippen LogP contribution in [0.2, 0.25) is 0 Å². The zero-order valence-corrected chi connectivity index (χ0v) is 7.55. The van der Waals surface area contributed by atoms with Gasteiger partial charge in [-0.3, -0.25) is 4.79 Å². The molecule has 0 aromatic rings. The van der Waals surface area contributed by atoms with Crippen molar-refractivity contribution in [3.8, 4) is 0 Å². The zero-order chi connectivity index (χ0) is 8.97. The highest BCUT2D eigenvalue weighted by Gasteiger charge is 2.26. The average molecular weight is 191 g/mol. The van der Waals surface area contributed by atoms with E-state index < -0.39 is 5.97 Å². The zero-order valence-electron chi connectivity index (χ0n) is 6.73. The van der Waals surface area contributed by atoms with Crippen molar-refractivity contribution < 1.29 is 14.6 Å². The molecule has 1 aliphatic heterocycles. The Hall–Kier alpha value is -0.260. The molecule has 3 N–H and O–H groups in total. The maximum Gasteiger partial charge on any atom is 0.316 e. The minimum absolute atomic E-state index is 0.358. The van der Waals surface area contributed by atoms with Gasteiger partial charge in [-0.05, 0) is 13.0 Å². The second-order valence-corrected chi connectivity index (χ2v) is 4.21. The highest BCUT2D eigenvalue weighted by molar-refractivity contribution is 8.01. The Morgan fingerprint density at radius 2 is 2.42 bits per heavy atom. The Bertz CT molecular complexity index is 161. The van der Waals surface area contributed by atoms with E-state index in [4.69, 9.17) is 15.6 Å². The molecule has 1 fully saturated rings. The second kappa shape index (κ2) is 4.69. The van der Waals surface area contributed by atoms with Crippen LogP contribution in [0.5, 0.6) is 0 Å². The summed E-state index contributed by atoms with van der Waals surface area (Å²) in [6.45, 7) is 1.79. The van der Waals surface area contributed by atoms with Crippen LogP contribution in [0.15, 0.2) is 0 Å². The van der Waals surface area contributed by atoms with Gasteiger partial charge in [-0.25, -0.2) is 0 Å². The van der Waals surface area contributed by atoms with Gasteiger partial charge in [0.15, 0.2) is 0 Å². The van der Waals surface area contributed by atoms with Crippen molar-refractivity contribution in [2.75, 3.05) is 19.8 Å². The van der Waals surface area contributed by atoms with Crippen molar-refractivity contribution in [2.45, 2.75) is 16.9 Å². The van der Waals surface area contributed by atoms with Crippen LogP contribution in [-0.4, -0.2) is 41.3 Å². The lowest BCUT2D eigenvalue weighted by molar-refractivity contribution is -0.136. The Kier molecular flexibility index (Phi) is 3.84. The first-order valence-electron chi connectivity index (χ1n) is 3.90. The molecule has 70 valence electrons. The van der Waals surface area contributed by atoms with Gasteiger partial charge >= 0.3 is 5.97 Å². The van der Waals surface area contributed by atoms with Gasteiger partial charge in [0.1, 0.15) is 5.25 Å². The third kappa shape index (κ3) is 2.66. The summed E-state index contributed by atoms with van der Waals surface area (Å²) in [6.07, 6.45) is 0.538. The van der Waals surface area contributed by atoms with Gasteiger partial charge < -0.3 is 15.6 Å². The van der Waals surface area contributed by atoms with Gasteiger partial charge in [-0.1, -0.05) is 0 Å². The molecule has 1 saturated heterocycles. The highest BCUT2D eigenvalue weighted by atomic mass is 32.2. The molecule has 0 aromatic heterocycles. The first-order chi connectivity index (χ1) is 5.74. The van der Waals surface area contributed by atoms with E-state index in [-0.39, 0.29) is 5.25 Å². The van der Waals surface area contributed by atoms with E-state index in [0.29, 0.717) is 31.4 Å². The molecule has 0 aliphatic carbocycles. The highest BCUT2D eigenvalue weighted by Crippen LogP contribution is 2.25. The molecule has 1 aliphatic rings. The maximum atomic E-state index is 10.6. The monoisotopic (exact) mass is 191 g/mol. The molecule has 0 radical (unpaired) electrons. The van der Waals surface area contributed by atoms with E-state index in [9.17, 15) is 4.79 Å². The predicted octanol–water partition coefficient (Wildman–Crippen LogP) is -0.0796. The fourth-order valence-corrected chi connectivity index (χ4v) is 2.13. The molecule has 1 unspecified atom stereocenters. The summed E-state index contributed by atoms with van der Waals surface area (Å²) in [6, 6.07) is 0. The van der Waals surface area contributed by atoms with Crippen molar-refractivity contribution in [2.24, 2.45) is 5.73 Å². The van der Waals surface area contributed by atoms with E-state index in [1.165, 1.54) is 11.8 Å². The number of rotatable bonds is 5. The number of carboxylic acid groups (broad SMARTS) is 1. The number of carboxylic acids is 1. The fourth-order valence-electron chi connectivity index (χ4n) is 0.926. The summed E-state index contributed by atoms with van der Waals surface area (Å²) in [5, 5.41) is 8.76. The van der Waals surface area contributed by atoms with Crippen LogP contribution in [-0.2, 0) is 9.53 Å². The molecule has 0 bridgehead atoms. The molecular weight excluding hydrogens is 178 g/mol. The number of hydrogen-bond acceptors (Lipinski definition) is 4. The SMILES string of the molecule is NCCC(SC1COC1)C(=O)O. The Balaban J connectivity index is 2.26. The van der Waals surface area contributed by atoms with Crippen molar-refractivity contribution >= 4 is 17.7 Å². The molecule has 0 spiro atoms. The van der Waals surface area contributed by atoms with E-state index in [1.807, 2.05) is 0 Å². The third-order valence-electron chi connectivity index (χ3n) is 1.67. The van der Waals surface area contributed by atoms with Gasteiger partial charge in [-0.2, -0.15) is 0 Å². The van der Waals surface area contributed by atoms with Crippen LogP contribution in [0.25, 0.3) is 0 Å². The molecule has 0 aromatic carbocycles. The lowest BCUT2D eigenvalue weighted by Gasteiger charge is -2.27. The maximum absolute atomic E-state index is 10.6. The summed E-state index contributed by atoms with van der Waals surface area (Å²) in [4.78, 5) is 10.6. The minimum Gasteiger partial charge on any atom is -0.480 e. The van der Waals surface area contributed by atoms with Crippen LogP contribution >= 0.6 is 11.8 Å². The van der Waals surface area contributed by atoms with E-state index in [0.717, 1.165) is 0 Å². The minimum atomic E-state index is -0.766. The third-order valence-corrected chi connectivity index (χ3v) is 3.09. The normalized spacial score (nSPS) is 20.1. The molecule has 1 rings (SSSR count). The molecule has 4 nitrogen and oxygen atoms in total. The summed E-state index contributed by atoms with van der Waals surface area (Å²) in [7, 11) is 0. The van der Waals surface area contributed by atoms with E-state index >= 15 is 0 Å². The first-order valence-corrected chi connectivity index (χ1v) is 4.84. The average Bonchev–Trinajstić information content (AvgIpc) is 1.93. The molecular formula is C7H13NO3S. The van der Waals surface area contributed by atoms with Gasteiger partial charge in [-0.15, -0.1) is 11.8 Å². The number of nitrogens with two attached hydrogens (primary N) is 1. The number of carbonyl (C=O) groups is 1. The summed E-state index contributed by atoms with van der Waals surface area (Å²) in [5.41, 5.74) is 5.29. The van der Waals surface area contributed by atoms with Crippen LogP contribution < -0.4 is 5.73 Å². The standard InChI is InChI=1S/C7H13NO3S/c8-2-1-6(7(9)10)12-5-3-11-4-5/h5-6H,1-4,8H2,(H,9,10). The van der Waals surface area contributed by atoms with Gasteiger partial charge in [0, 0.05) is 0 Å². The first kappa shape index (κ1) is 9.83. The largest absolute Gasteiger partial charge is 0.480 e. The van der Waals surface area contributed by atoms with Crippen molar-refractivity contribution in [3.05, 3.63) is 0 Å². The van der Waals surface area contributed by atoms with Crippen molar-refractivity contribution in [3.63, 3.8) is 0 Å². The topological polar surface area (TPSA) is 72.5 Å². The van der Waals surface area contributed by atoms with E-state index in [1.54, 1.807) is 0 Å².